The van der Waals surface area contributed by atoms with Gasteiger partial charge in [-0.15, -0.1) is 0 Å². The van der Waals surface area contributed by atoms with E-state index >= 15 is 0 Å². The fourth-order valence-electron chi connectivity index (χ4n) is 1.30. The molecule has 12 heavy (non-hydrogen) atoms. The molecule has 2 rings (SSSR count). The molecule has 0 saturated heterocycles. The molecule has 0 aliphatic carbocycles. The van der Waals surface area contributed by atoms with Gasteiger partial charge in [0.2, 0.25) is 0 Å². The number of aromatic amines is 1. The summed E-state index contributed by atoms with van der Waals surface area (Å²) in [6.45, 7) is 1.93. The molecule has 2 aromatic rings. The van der Waals surface area contributed by atoms with Gasteiger partial charge in [0.05, 0.1) is 5.69 Å². The Morgan fingerprint density at radius 2 is 2.17 bits per heavy atom. The normalized spacial score (nSPS) is 10.8. The largest absolute Gasteiger partial charge is 0.396 e. The van der Waals surface area contributed by atoms with Gasteiger partial charge >= 0.3 is 0 Å². The number of nitrogens with two attached hydrogens (primary N) is 1. The molecule has 1 heterocycles. The zero-order valence-electron chi connectivity index (χ0n) is 6.69. The van der Waals surface area contributed by atoms with E-state index in [1.165, 1.54) is 6.07 Å². The fourth-order valence-corrected chi connectivity index (χ4v) is 1.30. The van der Waals surface area contributed by atoms with Gasteiger partial charge in [-0.3, -0.25) is 0 Å². The average molecular weight is 164 g/mol. The summed E-state index contributed by atoms with van der Waals surface area (Å²) in [5.41, 5.74) is 7.50. The number of H-pyrrole nitrogens is 1. The zero-order chi connectivity index (χ0) is 8.72. The Kier molecular flexibility index (Phi) is 1.33. The third-order valence-electron chi connectivity index (χ3n) is 2.01. The van der Waals surface area contributed by atoms with Crippen molar-refractivity contribution in [2.45, 2.75) is 6.92 Å². The Hall–Kier alpha value is -1.51. The van der Waals surface area contributed by atoms with Crippen LogP contribution in [0.5, 0.6) is 0 Å². The predicted molar refractivity (Wildman–Crippen MR) is 47.4 cm³/mol. The molecule has 0 spiro atoms. The first kappa shape index (κ1) is 7.16. The summed E-state index contributed by atoms with van der Waals surface area (Å²) >= 11 is 0. The van der Waals surface area contributed by atoms with Crippen LogP contribution < -0.4 is 5.73 Å². The van der Waals surface area contributed by atoms with Crippen molar-refractivity contribution in [1.29, 1.82) is 0 Å². The van der Waals surface area contributed by atoms with E-state index in [0.717, 1.165) is 16.5 Å². The summed E-state index contributed by atoms with van der Waals surface area (Å²) < 4.78 is 13.0. The van der Waals surface area contributed by atoms with E-state index in [0.29, 0.717) is 0 Å². The maximum atomic E-state index is 13.0. The SMILES string of the molecule is Cc1c[nH]c2cc(N)c(F)cc12. The molecule has 0 fully saturated rings. The third-order valence-corrected chi connectivity index (χ3v) is 2.01. The standard InChI is InChI=1S/C9H9FN2/c1-5-4-12-9-3-8(11)7(10)2-6(5)9/h2-4,12H,11H2,1H3. The highest BCUT2D eigenvalue weighted by molar-refractivity contribution is 5.85. The van der Waals surface area contributed by atoms with Gasteiger partial charge in [-0.05, 0) is 24.6 Å². The molecule has 3 heteroatoms. The molecule has 3 N–H and O–H groups in total. The highest BCUT2D eigenvalue weighted by atomic mass is 19.1. The molecule has 2 nitrogen and oxygen atoms in total. The van der Waals surface area contributed by atoms with E-state index in [1.807, 2.05) is 13.1 Å². The minimum atomic E-state index is -0.356. The van der Waals surface area contributed by atoms with Crippen molar-refractivity contribution in [1.82, 2.24) is 4.98 Å². The van der Waals surface area contributed by atoms with Gasteiger partial charge < -0.3 is 10.7 Å². The van der Waals surface area contributed by atoms with Gasteiger partial charge in [0.1, 0.15) is 5.82 Å². The summed E-state index contributed by atoms with van der Waals surface area (Å²) in [5.74, 6) is -0.356. The van der Waals surface area contributed by atoms with Gasteiger partial charge in [-0.25, -0.2) is 4.39 Å². The summed E-state index contributed by atoms with van der Waals surface area (Å²) in [6, 6.07) is 3.06. The third kappa shape index (κ3) is 0.863. The second kappa shape index (κ2) is 2.24. The predicted octanol–water partition coefficient (Wildman–Crippen LogP) is 2.20. The van der Waals surface area contributed by atoms with Gasteiger partial charge in [0, 0.05) is 17.1 Å². The van der Waals surface area contributed by atoms with Crippen LogP contribution >= 0.6 is 0 Å². The molecule has 1 aromatic carbocycles. The van der Waals surface area contributed by atoms with Crippen molar-refractivity contribution in [2.24, 2.45) is 0 Å². The molecule has 1 aromatic heterocycles. The average Bonchev–Trinajstić information content (AvgIpc) is 2.35. The molecule has 0 bridgehead atoms. The number of fused-ring (bicyclic) bond motifs is 1. The number of hydrogen-bond donors (Lipinski definition) is 2. The monoisotopic (exact) mass is 164 g/mol. The number of aromatic nitrogens is 1. The molecule has 0 radical (unpaired) electrons. The van der Waals surface area contributed by atoms with E-state index in [2.05, 4.69) is 4.98 Å². The summed E-state index contributed by atoms with van der Waals surface area (Å²) in [4.78, 5) is 3.01. The minimum Gasteiger partial charge on any atom is -0.396 e. The van der Waals surface area contributed by atoms with Crippen molar-refractivity contribution in [3.63, 3.8) is 0 Å². The number of benzene rings is 1. The van der Waals surface area contributed by atoms with E-state index in [-0.39, 0.29) is 11.5 Å². The van der Waals surface area contributed by atoms with Crippen LogP contribution in [0.15, 0.2) is 18.3 Å². The number of aryl methyl sites for hydroxylation is 1. The van der Waals surface area contributed by atoms with Crippen LogP contribution in [0.2, 0.25) is 0 Å². The molecule has 62 valence electrons. The van der Waals surface area contributed by atoms with Crippen molar-refractivity contribution in [3.05, 3.63) is 29.7 Å². The lowest BCUT2D eigenvalue weighted by Gasteiger charge is -1.96. The Balaban J connectivity index is 2.87. The molecule has 0 unspecified atom stereocenters. The Bertz CT molecular complexity index is 431. The Morgan fingerprint density at radius 3 is 2.92 bits per heavy atom. The summed E-state index contributed by atoms with van der Waals surface area (Å²) in [5, 5.41) is 0.890. The maximum Gasteiger partial charge on any atom is 0.146 e. The van der Waals surface area contributed by atoms with Gasteiger partial charge in [-0.2, -0.15) is 0 Å². The number of nitrogens with one attached hydrogen (secondary N) is 1. The van der Waals surface area contributed by atoms with Crippen LogP contribution in [-0.2, 0) is 0 Å². The topological polar surface area (TPSA) is 41.8 Å². The number of anilines is 1. The van der Waals surface area contributed by atoms with E-state index in [9.17, 15) is 4.39 Å². The first-order valence-electron chi connectivity index (χ1n) is 3.71. The number of rotatable bonds is 0. The van der Waals surface area contributed by atoms with Crippen molar-refractivity contribution < 1.29 is 4.39 Å². The zero-order valence-corrected chi connectivity index (χ0v) is 6.69. The Labute approximate surface area is 69.2 Å². The van der Waals surface area contributed by atoms with Crippen molar-refractivity contribution >= 4 is 16.6 Å². The van der Waals surface area contributed by atoms with Gasteiger partial charge in [0.25, 0.3) is 0 Å². The molecule has 0 aliphatic rings. The quantitative estimate of drug-likeness (QED) is 0.576. The molecule has 0 amide bonds. The molecular weight excluding hydrogens is 155 g/mol. The number of halogens is 1. The van der Waals surface area contributed by atoms with Crippen LogP contribution in [0.1, 0.15) is 5.56 Å². The fraction of sp³-hybridized carbons (Fsp3) is 0.111. The lowest BCUT2D eigenvalue weighted by atomic mass is 10.2. The summed E-state index contributed by atoms with van der Waals surface area (Å²) in [7, 11) is 0. The highest BCUT2D eigenvalue weighted by Gasteiger charge is 2.03. The first-order valence-corrected chi connectivity index (χ1v) is 3.71. The molecule has 0 aliphatic heterocycles. The summed E-state index contributed by atoms with van der Waals surface area (Å²) in [6.07, 6.45) is 1.84. The highest BCUT2D eigenvalue weighted by Crippen LogP contribution is 2.22. The van der Waals surface area contributed by atoms with Crippen LogP contribution in [0.4, 0.5) is 10.1 Å². The first-order chi connectivity index (χ1) is 5.68. The van der Waals surface area contributed by atoms with Crippen molar-refractivity contribution in [2.75, 3.05) is 5.73 Å². The smallest absolute Gasteiger partial charge is 0.146 e. The van der Waals surface area contributed by atoms with Gasteiger partial charge in [-0.1, -0.05) is 0 Å². The van der Waals surface area contributed by atoms with Crippen molar-refractivity contribution in [3.8, 4) is 0 Å². The molecular formula is C9H9FN2. The molecule has 0 atom stereocenters. The van der Waals surface area contributed by atoms with Crippen LogP contribution in [-0.4, -0.2) is 4.98 Å². The maximum absolute atomic E-state index is 13.0. The lowest BCUT2D eigenvalue weighted by molar-refractivity contribution is 0.634. The lowest BCUT2D eigenvalue weighted by Crippen LogP contribution is -1.89. The van der Waals surface area contributed by atoms with E-state index in [4.69, 9.17) is 5.73 Å². The number of hydrogen-bond acceptors (Lipinski definition) is 1. The van der Waals surface area contributed by atoms with Crippen LogP contribution in [0, 0.1) is 12.7 Å². The second-order valence-corrected chi connectivity index (χ2v) is 2.89. The van der Waals surface area contributed by atoms with E-state index in [1.54, 1.807) is 6.07 Å². The van der Waals surface area contributed by atoms with Gasteiger partial charge in [0.15, 0.2) is 0 Å². The van der Waals surface area contributed by atoms with E-state index < -0.39 is 0 Å². The number of nitrogen functional groups attached to an aromatic ring is 1. The van der Waals surface area contributed by atoms with Crippen LogP contribution in [0.25, 0.3) is 10.9 Å². The van der Waals surface area contributed by atoms with Crippen LogP contribution in [0.3, 0.4) is 0 Å². The molecule has 0 saturated carbocycles. The Morgan fingerprint density at radius 1 is 1.42 bits per heavy atom. The minimum absolute atomic E-state index is 0.185. The second-order valence-electron chi connectivity index (χ2n) is 2.89.